The third-order valence-corrected chi connectivity index (χ3v) is 7.03. The van der Waals surface area contributed by atoms with Crippen LogP contribution in [0.25, 0.3) is 0 Å². The number of nitrogens with one attached hydrogen (secondary N) is 1. The number of anilines is 1. The molecule has 2 aromatic carbocycles. The number of sulfonamides is 1. The van der Waals surface area contributed by atoms with Crippen molar-refractivity contribution in [1.29, 1.82) is 0 Å². The molecule has 0 bridgehead atoms. The molecule has 1 amide bonds. The number of likely N-dealkylation sites (N-methyl/N-ethyl adjacent to an activating group) is 1. The van der Waals surface area contributed by atoms with Crippen LogP contribution in [0.1, 0.15) is 30.1 Å². The van der Waals surface area contributed by atoms with Crippen LogP contribution < -0.4 is 9.62 Å². The summed E-state index contributed by atoms with van der Waals surface area (Å²) in [6.07, 6.45) is 2.42. The zero-order valence-electron chi connectivity index (χ0n) is 16.5. The SMILES string of the molecule is CC(CNC(=O)c1cccc(S(=O)(=O)N(C)c2ccccc2)c1)N(C)C1CC1. The average Bonchev–Trinajstić information content (AvgIpc) is 3.56. The van der Waals surface area contributed by atoms with E-state index >= 15 is 0 Å². The first-order valence-corrected chi connectivity index (χ1v) is 10.9. The van der Waals surface area contributed by atoms with Crippen molar-refractivity contribution in [2.24, 2.45) is 0 Å². The summed E-state index contributed by atoms with van der Waals surface area (Å²) in [5.74, 6) is -0.268. The highest BCUT2D eigenvalue weighted by molar-refractivity contribution is 7.92. The molecule has 0 aromatic heterocycles. The first-order valence-electron chi connectivity index (χ1n) is 9.45. The van der Waals surface area contributed by atoms with E-state index in [9.17, 15) is 13.2 Å². The maximum Gasteiger partial charge on any atom is 0.264 e. The summed E-state index contributed by atoms with van der Waals surface area (Å²) in [5.41, 5.74) is 0.901. The zero-order valence-corrected chi connectivity index (χ0v) is 17.3. The van der Waals surface area contributed by atoms with Gasteiger partial charge < -0.3 is 5.32 Å². The van der Waals surface area contributed by atoms with E-state index in [1.54, 1.807) is 36.4 Å². The summed E-state index contributed by atoms with van der Waals surface area (Å²) < 4.78 is 27.1. The topological polar surface area (TPSA) is 69.7 Å². The van der Waals surface area contributed by atoms with E-state index in [1.165, 1.54) is 36.3 Å². The second-order valence-electron chi connectivity index (χ2n) is 7.29. The van der Waals surface area contributed by atoms with E-state index in [0.29, 0.717) is 23.8 Å². The van der Waals surface area contributed by atoms with Crippen LogP contribution in [-0.2, 0) is 10.0 Å². The predicted octanol–water partition coefficient (Wildman–Crippen LogP) is 2.72. The minimum Gasteiger partial charge on any atom is -0.350 e. The van der Waals surface area contributed by atoms with Gasteiger partial charge in [-0.3, -0.25) is 14.0 Å². The normalized spacial score (nSPS) is 15.3. The standard InChI is InChI=1S/C21H27N3O3S/c1-16(23(2)18-12-13-18)15-22-21(25)17-8-7-11-20(14-17)28(26,27)24(3)19-9-5-4-6-10-19/h4-11,14,16,18H,12-13,15H2,1-3H3,(H,22,25). The summed E-state index contributed by atoms with van der Waals surface area (Å²) in [6, 6.07) is 15.9. The summed E-state index contributed by atoms with van der Waals surface area (Å²) in [5, 5.41) is 2.91. The lowest BCUT2D eigenvalue weighted by atomic mass is 10.2. The summed E-state index contributed by atoms with van der Waals surface area (Å²) in [4.78, 5) is 14.9. The van der Waals surface area contributed by atoms with Crippen molar-refractivity contribution in [2.75, 3.05) is 24.9 Å². The molecule has 1 atom stereocenters. The number of benzene rings is 2. The highest BCUT2D eigenvalue weighted by Crippen LogP contribution is 2.26. The van der Waals surface area contributed by atoms with E-state index in [0.717, 1.165) is 0 Å². The molecule has 1 saturated carbocycles. The van der Waals surface area contributed by atoms with Gasteiger partial charge in [0, 0.05) is 31.2 Å². The fourth-order valence-corrected chi connectivity index (χ4v) is 4.30. The molecule has 150 valence electrons. The third-order valence-electron chi connectivity index (χ3n) is 5.25. The van der Waals surface area contributed by atoms with Gasteiger partial charge >= 0.3 is 0 Å². The van der Waals surface area contributed by atoms with Gasteiger partial charge in [-0.2, -0.15) is 0 Å². The number of carbonyl (C=O) groups is 1. The van der Waals surface area contributed by atoms with Crippen LogP contribution in [0, 0.1) is 0 Å². The number of nitrogens with zero attached hydrogens (tertiary/aromatic N) is 2. The van der Waals surface area contributed by atoms with Gasteiger partial charge in [-0.15, -0.1) is 0 Å². The Kier molecular flexibility index (Phi) is 6.05. The molecule has 1 unspecified atom stereocenters. The Hall–Kier alpha value is -2.38. The number of para-hydroxylation sites is 1. The minimum atomic E-state index is -3.75. The molecular formula is C21H27N3O3S. The fraction of sp³-hybridized carbons (Fsp3) is 0.381. The molecule has 28 heavy (non-hydrogen) atoms. The molecule has 1 N–H and O–H groups in total. The molecule has 6 nitrogen and oxygen atoms in total. The predicted molar refractivity (Wildman–Crippen MR) is 111 cm³/mol. The van der Waals surface area contributed by atoms with Crippen molar-refractivity contribution in [3.8, 4) is 0 Å². The number of hydrogen-bond donors (Lipinski definition) is 1. The lowest BCUT2D eigenvalue weighted by molar-refractivity contribution is 0.0939. The molecule has 1 fully saturated rings. The van der Waals surface area contributed by atoms with Gasteiger partial charge in [0.2, 0.25) is 0 Å². The van der Waals surface area contributed by atoms with Gasteiger partial charge in [0.25, 0.3) is 15.9 Å². The summed E-state index contributed by atoms with van der Waals surface area (Å²) in [7, 11) is -0.173. The van der Waals surface area contributed by atoms with Crippen LogP contribution in [0.15, 0.2) is 59.5 Å². The fourth-order valence-electron chi connectivity index (χ4n) is 3.06. The zero-order chi connectivity index (χ0) is 20.3. The van der Waals surface area contributed by atoms with E-state index in [4.69, 9.17) is 0 Å². The Morgan fingerprint density at radius 1 is 1.11 bits per heavy atom. The molecule has 0 aliphatic heterocycles. The molecule has 2 aromatic rings. The Morgan fingerprint density at radius 3 is 2.43 bits per heavy atom. The first-order chi connectivity index (χ1) is 13.3. The van der Waals surface area contributed by atoms with Crippen molar-refractivity contribution in [3.63, 3.8) is 0 Å². The minimum absolute atomic E-state index is 0.0923. The smallest absolute Gasteiger partial charge is 0.264 e. The molecule has 0 spiro atoms. The first kappa shape index (κ1) is 20.4. The molecule has 1 aliphatic rings. The molecule has 7 heteroatoms. The molecule has 0 heterocycles. The van der Waals surface area contributed by atoms with Gasteiger partial charge in [-0.05, 0) is 57.1 Å². The summed E-state index contributed by atoms with van der Waals surface area (Å²) >= 11 is 0. The number of hydrogen-bond acceptors (Lipinski definition) is 4. The van der Waals surface area contributed by atoms with Crippen LogP contribution >= 0.6 is 0 Å². The van der Waals surface area contributed by atoms with Crippen molar-refractivity contribution >= 4 is 21.6 Å². The Balaban J connectivity index is 1.71. The van der Waals surface area contributed by atoms with Crippen molar-refractivity contribution < 1.29 is 13.2 Å². The lowest BCUT2D eigenvalue weighted by Gasteiger charge is -2.24. The maximum atomic E-state index is 12.9. The monoisotopic (exact) mass is 401 g/mol. The number of carbonyl (C=O) groups excluding carboxylic acids is 1. The van der Waals surface area contributed by atoms with E-state index in [-0.39, 0.29) is 16.8 Å². The van der Waals surface area contributed by atoms with Crippen LogP contribution in [0.3, 0.4) is 0 Å². The number of rotatable bonds is 8. The number of amides is 1. The van der Waals surface area contributed by atoms with Crippen LogP contribution in [0.2, 0.25) is 0 Å². The van der Waals surface area contributed by atoms with E-state index < -0.39 is 10.0 Å². The highest BCUT2D eigenvalue weighted by Gasteiger charge is 2.29. The Bertz CT molecular complexity index is 927. The van der Waals surface area contributed by atoms with Gasteiger partial charge in [0.1, 0.15) is 0 Å². The lowest BCUT2D eigenvalue weighted by Crippen LogP contribution is -2.41. The largest absolute Gasteiger partial charge is 0.350 e. The molecule has 0 saturated heterocycles. The third kappa shape index (κ3) is 4.54. The van der Waals surface area contributed by atoms with Crippen molar-refractivity contribution in [3.05, 3.63) is 60.2 Å². The van der Waals surface area contributed by atoms with Crippen LogP contribution in [0.5, 0.6) is 0 Å². The van der Waals surface area contributed by atoms with Gasteiger partial charge in [0.15, 0.2) is 0 Å². The van der Waals surface area contributed by atoms with Crippen LogP contribution in [0.4, 0.5) is 5.69 Å². The van der Waals surface area contributed by atoms with Gasteiger partial charge in [-0.1, -0.05) is 24.3 Å². The van der Waals surface area contributed by atoms with Gasteiger partial charge in [0.05, 0.1) is 10.6 Å². The van der Waals surface area contributed by atoms with E-state index in [2.05, 4.69) is 24.2 Å². The quantitative estimate of drug-likeness (QED) is 0.738. The molecular weight excluding hydrogens is 374 g/mol. The second kappa shape index (κ2) is 8.32. The molecule has 1 aliphatic carbocycles. The van der Waals surface area contributed by atoms with Crippen molar-refractivity contribution in [2.45, 2.75) is 36.7 Å². The van der Waals surface area contributed by atoms with E-state index in [1.807, 2.05) is 6.07 Å². The summed E-state index contributed by atoms with van der Waals surface area (Å²) in [6.45, 7) is 2.60. The molecule has 0 radical (unpaired) electrons. The highest BCUT2D eigenvalue weighted by atomic mass is 32.2. The van der Waals surface area contributed by atoms with Crippen molar-refractivity contribution in [1.82, 2.24) is 10.2 Å². The second-order valence-corrected chi connectivity index (χ2v) is 9.26. The molecule has 3 rings (SSSR count). The Morgan fingerprint density at radius 2 is 1.79 bits per heavy atom. The maximum absolute atomic E-state index is 12.9. The average molecular weight is 402 g/mol. The van der Waals surface area contributed by atoms with Gasteiger partial charge in [-0.25, -0.2) is 8.42 Å². The Labute approximate surface area is 167 Å². The van der Waals surface area contributed by atoms with Crippen LogP contribution in [-0.4, -0.2) is 51.9 Å².